The molecule has 0 fully saturated rings. The lowest BCUT2D eigenvalue weighted by Crippen LogP contribution is -2.22. The van der Waals surface area contributed by atoms with Gasteiger partial charge in [0, 0.05) is 17.3 Å². The second kappa shape index (κ2) is 4.95. The summed E-state index contributed by atoms with van der Waals surface area (Å²) < 4.78 is 16.4. The van der Waals surface area contributed by atoms with Crippen molar-refractivity contribution >= 4 is 15.9 Å². The number of hydrogen-bond donors (Lipinski definition) is 0. The summed E-state index contributed by atoms with van der Waals surface area (Å²) in [6.45, 7) is 4.51. The van der Waals surface area contributed by atoms with Crippen LogP contribution in [-0.4, -0.2) is 18.2 Å². The molecular weight excluding hydrogens is 272 g/mol. The Balaban J connectivity index is 2.05. The molecule has 1 heterocycles. The summed E-state index contributed by atoms with van der Waals surface area (Å²) >= 11 is 3.45. The third kappa shape index (κ3) is 2.43. The summed E-state index contributed by atoms with van der Waals surface area (Å²) in [5.74, 6) is 2.83. The largest absolute Gasteiger partial charge is 0.490 e. The molecule has 0 saturated heterocycles. The van der Waals surface area contributed by atoms with Gasteiger partial charge in [0.2, 0.25) is 6.79 Å². The van der Waals surface area contributed by atoms with Crippen molar-refractivity contribution in [1.29, 1.82) is 0 Å². The summed E-state index contributed by atoms with van der Waals surface area (Å²) in [5.41, 5.74) is 0. The summed E-state index contributed by atoms with van der Waals surface area (Å²) in [6, 6.07) is 5.66. The molecule has 1 aliphatic rings. The van der Waals surface area contributed by atoms with Gasteiger partial charge in [0.1, 0.15) is 5.75 Å². The normalized spacial score (nSPS) is 16.9. The zero-order valence-corrected chi connectivity index (χ0v) is 11.0. The highest BCUT2D eigenvalue weighted by Crippen LogP contribution is 2.35. The smallest absolute Gasteiger partial charge is 0.231 e. The first-order valence-electron chi connectivity index (χ1n) is 5.33. The van der Waals surface area contributed by atoms with E-state index in [1.165, 1.54) is 0 Å². The first-order chi connectivity index (χ1) is 7.70. The van der Waals surface area contributed by atoms with Crippen LogP contribution in [0.3, 0.4) is 0 Å². The van der Waals surface area contributed by atoms with E-state index in [9.17, 15) is 0 Å². The molecule has 2 atom stereocenters. The van der Waals surface area contributed by atoms with E-state index >= 15 is 0 Å². The zero-order valence-electron chi connectivity index (χ0n) is 9.40. The molecule has 0 amide bonds. The molecule has 0 saturated carbocycles. The Kier molecular flexibility index (Phi) is 3.59. The van der Waals surface area contributed by atoms with E-state index in [1.807, 2.05) is 18.2 Å². The van der Waals surface area contributed by atoms with Gasteiger partial charge in [-0.25, -0.2) is 0 Å². The van der Waals surface area contributed by atoms with E-state index in [1.54, 1.807) is 0 Å². The lowest BCUT2D eigenvalue weighted by atomic mass is 10.1. The van der Waals surface area contributed by atoms with Gasteiger partial charge in [-0.3, -0.25) is 0 Å². The van der Waals surface area contributed by atoms with Gasteiger partial charge in [-0.05, 0) is 19.1 Å². The van der Waals surface area contributed by atoms with Crippen LogP contribution < -0.4 is 14.2 Å². The van der Waals surface area contributed by atoms with Gasteiger partial charge in [0.15, 0.2) is 11.5 Å². The van der Waals surface area contributed by atoms with Crippen molar-refractivity contribution in [2.45, 2.75) is 20.0 Å². The van der Waals surface area contributed by atoms with E-state index in [4.69, 9.17) is 14.2 Å². The molecule has 16 heavy (non-hydrogen) atoms. The van der Waals surface area contributed by atoms with Gasteiger partial charge >= 0.3 is 0 Å². The monoisotopic (exact) mass is 286 g/mol. The van der Waals surface area contributed by atoms with Gasteiger partial charge in [-0.15, -0.1) is 0 Å². The van der Waals surface area contributed by atoms with Crippen molar-refractivity contribution in [2.24, 2.45) is 5.92 Å². The van der Waals surface area contributed by atoms with Crippen LogP contribution in [0.2, 0.25) is 0 Å². The molecule has 3 nitrogen and oxygen atoms in total. The third-order valence-electron chi connectivity index (χ3n) is 2.71. The van der Waals surface area contributed by atoms with Gasteiger partial charge < -0.3 is 14.2 Å². The molecule has 1 aromatic carbocycles. The van der Waals surface area contributed by atoms with Crippen molar-refractivity contribution < 1.29 is 14.2 Å². The van der Waals surface area contributed by atoms with Gasteiger partial charge in [-0.2, -0.15) is 0 Å². The minimum absolute atomic E-state index is 0.166. The van der Waals surface area contributed by atoms with E-state index in [-0.39, 0.29) is 6.10 Å². The second-order valence-corrected chi connectivity index (χ2v) is 4.62. The number of alkyl halides is 1. The summed E-state index contributed by atoms with van der Waals surface area (Å²) in [4.78, 5) is 0. The number of ether oxygens (including phenoxy) is 3. The highest BCUT2D eigenvalue weighted by atomic mass is 79.9. The number of halogens is 1. The van der Waals surface area contributed by atoms with Crippen LogP contribution in [0.1, 0.15) is 13.8 Å². The summed E-state index contributed by atoms with van der Waals surface area (Å²) in [7, 11) is 0. The molecule has 0 bridgehead atoms. The second-order valence-electron chi connectivity index (χ2n) is 3.97. The fourth-order valence-corrected chi connectivity index (χ4v) is 1.93. The van der Waals surface area contributed by atoms with E-state index in [2.05, 4.69) is 29.8 Å². The zero-order chi connectivity index (χ0) is 11.5. The molecule has 88 valence electrons. The Hall–Kier alpha value is -0.900. The number of hydrogen-bond acceptors (Lipinski definition) is 3. The maximum absolute atomic E-state index is 5.83. The summed E-state index contributed by atoms with van der Waals surface area (Å²) in [5, 5.41) is 0.929. The van der Waals surface area contributed by atoms with Crippen LogP contribution >= 0.6 is 15.9 Å². The standard InChI is InChI=1S/C12H15BrO3/c1-8(6-13)9(2)16-10-3-4-11-12(5-10)15-7-14-11/h3-5,8-9H,6-7H2,1-2H3. The topological polar surface area (TPSA) is 27.7 Å². The molecule has 2 rings (SSSR count). The van der Waals surface area contributed by atoms with Crippen molar-refractivity contribution in [3.63, 3.8) is 0 Å². The Labute approximate surface area is 104 Å². The van der Waals surface area contributed by atoms with Crippen LogP contribution in [0, 0.1) is 5.92 Å². The highest BCUT2D eigenvalue weighted by Gasteiger charge is 2.16. The van der Waals surface area contributed by atoms with Crippen LogP contribution in [0.4, 0.5) is 0 Å². The molecule has 0 aliphatic carbocycles. The molecule has 2 unspecified atom stereocenters. The van der Waals surface area contributed by atoms with Crippen LogP contribution in [0.5, 0.6) is 17.2 Å². The maximum atomic E-state index is 5.83. The van der Waals surface area contributed by atoms with E-state index in [0.717, 1.165) is 22.6 Å². The molecule has 0 radical (unpaired) electrons. The first kappa shape index (κ1) is 11.6. The predicted molar refractivity (Wildman–Crippen MR) is 65.6 cm³/mol. The lowest BCUT2D eigenvalue weighted by Gasteiger charge is -2.19. The molecule has 4 heteroatoms. The van der Waals surface area contributed by atoms with E-state index < -0.39 is 0 Å². The molecule has 0 N–H and O–H groups in total. The molecule has 1 aliphatic heterocycles. The van der Waals surface area contributed by atoms with Crippen molar-refractivity contribution in [1.82, 2.24) is 0 Å². The third-order valence-corrected chi connectivity index (χ3v) is 3.73. The SMILES string of the molecule is CC(CBr)C(C)Oc1ccc2c(c1)OCO2. The lowest BCUT2D eigenvalue weighted by molar-refractivity contribution is 0.169. The average Bonchev–Trinajstić information content (AvgIpc) is 2.75. The van der Waals surface area contributed by atoms with Gasteiger partial charge in [0.25, 0.3) is 0 Å². The number of benzene rings is 1. The molecule has 0 spiro atoms. The highest BCUT2D eigenvalue weighted by molar-refractivity contribution is 9.09. The Bertz CT molecular complexity index is 367. The minimum Gasteiger partial charge on any atom is -0.490 e. The van der Waals surface area contributed by atoms with Crippen LogP contribution in [0.25, 0.3) is 0 Å². The quantitative estimate of drug-likeness (QED) is 0.796. The average molecular weight is 287 g/mol. The Morgan fingerprint density at radius 3 is 2.81 bits per heavy atom. The van der Waals surface area contributed by atoms with Crippen molar-refractivity contribution in [2.75, 3.05) is 12.1 Å². The predicted octanol–water partition coefficient (Wildman–Crippen LogP) is 3.21. The molecular formula is C12H15BrO3. The number of rotatable bonds is 4. The minimum atomic E-state index is 0.166. The van der Waals surface area contributed by atoms with Gasteiger partial charge in [-0.1, -0.05) is 22.9 Å². The van der Waals surface area contributed by atoms with Crippen LogP contribution in [0.15, 0.2) is 18.2 Å². The van der Waals surface area contributed by atoms with E-state index in [0.29, 0.717) is 12.7 Å². The Morgan fingerprint density at radius 2 is 2.06 bits per heavy atom. The van der Waals surface area contributed by atoms with Gasteiger partial charge in [0.05, 0.1) is 6.10 Å². The fraction of sp³-hybridized carbons (Fsp3) is 0.500. The summed E-state index contributed by atoms with van der Waals surface area (Å²) in [6.07, 6.45) is 0.166. The maximum Gasteiger partial charge on any atom is 0.231 e. The fourth-order valence-electron chi connectivity index (χ4n) is 1.41. The first-order valence-corrected chi connectivity index (χ1v) is 6.45. The van der Waals surface area contributed by atoms with Crippen LogP contribution in [-0.2, 0) is 0 Å². The number of fused-ring (bicyclic) bond motifs is 1. The van der Waals surface area contributed by atoms with Crippen molar-refractivity contribution in [3.8, 4) is 17.2 Å². The molecule has 0 aromatic heterocycles. The van der Waals surface area contributed by atoms with Crippen molar-refractivity contribution in [3.05, 3.63) is 18.2 Å². The molecule has 1 aromatic rings. The Morgan fingerprint density at radius 1 is 1.31 bits per heavy atom.